The minimum Gasteiger partial charge on any atom is -0.458 e. The Morgan fingerprint density at radius 3 is 2.63 bits per heavy atom. The highest BCUT2D eigenvalue weighted by molar-refractivity contribution is 5.92. The number of hydrogen-bond acceptors (Lipinski definition) is 6. The highest BCUT2D eigenvalue weighted by Crippen LogP contribution is 2.67. The second-order valence-corrected chi connectivity index (χ2v) is 10.4. The Kier molecular flexibility index (Phi) is 5.25. The van der Waals surface area contributed by atoms with Crippen molar-refractivity contribution in [2.75, 3.05) is 6.61 Å². The van der Waals surface area contributed by atoms with Crippen LogP contribution >= 0.6 is 0 Å². The molecular weight excluding hydrogens is 384 g/mol. The van der Waals surface area contributed by atoms with Gasteiger partial charge in [0, 0.05) is 18.3 Å². The maximum atomic E-state index is 13.0. The van der Waals surface area contributed by atoms with E-state index in [0.29, 0.717) is 19.3 Å². The SMILES string of the molecule is CCC(=O)OCC(=O)[C@@]1(O)CC[C@H]2[C@@H]3CCC4=CC(=O)CC[C@]4(C)[C@H]3[C@@H](O)C[C@@]21C. The smallest absolute Gasteiger partial charge is 0.305 e. The number of fused-ring (bicyclic) bond motifs is 5. The number of carbonyl (C=O) groups excluding carboxylic acids is 3. The largest absolute Gasteiger partial charge is 0.458 e. The van der Waals surface area contributed by atoms with Crippen LogP contribution < -0.4 is 0 Å². The van der Waals surface area contributed by atoms with Gasteiger partial charge in [-0.05, 0) is 67.8 Å². The van der Waals surface area contributed by atoms with Crippen LogP contribution in [0.3, 0.4) is 0 Å². The maximum absolute atomic E-state index is 13.0. The average molecular weight is 419 g/mol. The molecule has 4 aliphatic carbocycles. The summed E-state index contributed by atoms with van der Waals surface area (Å²) < 4.78 is 5.04. The Morgan fingerprint density at radius 2 is 1.93 bits per heavy atom. The molecule has 3 fully saturated rings. The van der Waals surface area contributed by atoms with Crippen LogP contribution in [0.4, 0.5) is 0 Å². The zero-order chi connectivity index (χ0) is 21.9. The van der Waals surface area contributed by atoms with Crippen LogP contribution in [-0.2, 0) is 19.1 Å². The molecule has 4 aliphatic rings. The van der Waals surface area contributed by atoms with E-state index in [-0.39, 0.29) is 35.4 Å². The molecule has 0 heterocycles. The van der Waals surface area contributed by atoms with Crippen molar-refractivity contribution in [1.29, 1.82) is 0 Å². The number of aliphatic hydroxyl groups excluding tert-OH is 1. The molecule has 0 unspecified atom stereocenters. The lowest BCUT2D eigenvalue weighted by molar-refractivity contribution is -0.184. The first kappa shape index (κ1) is 21.7. The van der Waals surface area contributed by atoms with Gasteiger partial charge in [0.2, 0.25) is 5.78 Å². The van der Waals surface area contributed by atoms with Crippen molar-refractivity contribution in [2.24, 2.45) is 28.6 Å². The van der Waals surface area contributed by atoms with Gasteiger partial charge in [-0.2, -0.15) is 0 Å². The predicted octanol–water partition coefficient (Wildman–Crippen LogP) is 2.74. The Labute approximate surface area is 178 Å². The number of esters is 1. The number of rotatable bonds is 4. The van der Waals surface area contributed by atoms with Crippen LogP contribution in [0.1, 0.15) is 72.1 Å². The van der Waals surface area contributed by atoms with Gasteiger partial charge in [0.15, 0.2) is 12.4 Å². The maximum Gasteiger partial charge on any atom is 0.305 e. The first-order chi connectivity index (χ1) is 14.1. The fraction of sp³-hybridized carbons (Fsp3) is 0.792. The van der Waals surface area contributed by atoms with E-state index in [9.17, 15) is 24.6 Å². The van der Waals surface area contributed by atoms with Gasteiger partial charge in [-0.1, -0.05) is 26.3 Å². The van der Waals surface area contributed by atoms with Crippen LogP contribution in [-0.4, -0.2) is 46.1 Å². The molecule has 3 saturated carbocycles. The van der Waals surface area contributed by atoms with E-state index in [1.807, 2.05) is 6.92 Å². The number of allylic oxidation sites excluding steroid dienone is 1. The lowest BCUT2D eigenvalue weighted by Gasteiger charge is -2.60. The summed E-state index contributed by atoms with van der Waals surface area (Å²) in [4.78, 5) is 36.5. The monoisotopic (exact) mass is 418 g/mol. The normalized spacial score (nSPS) is 45.1. The number of hydrogen-bond donors (Lipinski definition) is 2. The molecular formula is C24H34O6. The Morgan fingerprint density at radius 1 is 1.20 bits per heavy atom. The van der Waals surface area contributed by atoms with Gasteiger partial charge in [0.25, 0.3) is 0 Å². The molecule has 0 aromatic carbocycles. The molecule has 0 spiro atoms. The van der Waals surface area contributed by atoms with Gasteiger partial charge in [-0.25, -0.2) is 0 Å². The van der Waals surface area contributed by atoms with Crippen molar-refractivity contribution in [2.45, 2.75) is 83.8 Å². The second kappa shape index (κ2) is 7.27. The third-order valence-electron chi connectivity index (χ3n) is 9.16. The molecule has 0 aromatic rings. The molecule has 0 saturated heterocycles. The van der Waals surface area contributed by atoms with Crippen molar-refractivity contribution >= 4 is 17.5 Å². The number of aliphatic hydroxyl groups is 2. The molecule has 2 N–H and O–H groups in total. The van der Waals surface area contributed by atoms with Gasteiger partial charge in [-0.3, -0.25) is 14.4 Å². The summed E-state index contributed by atoms with van der Waals surface area (Å²) in [5, 5.41) is 22.9. The fourth-order valence-corrected chi connectivity index (χ4v) is 7.52. The minimum absolute atomic E-state index is 0.0408. The van der Waals surface area contributed by atoms with Crippen LogP contribution in [0.5, 0.6) is 0 Å². The first-order valence-corrected chi connectivity index (χ1v) is 11.4. The molecule has 166 valence electrons. The third-order valence-corrected chi connectivity index (χ3v) is 9.16. The second-order valence-electron chi connectivity index (χ2n) is 10.4. The van der Waals surface area contributed by atoms with Crippen LogP contribution in [0, 0.1) is 28.6 Å². The van der Waals surface area contributed by atoms with E-state index in [1.54, 1.807) is 13.0 Å². The first-order valence-electron chi connectivity index (χ1n) is 11.4. The average Bonchev–Trinajstić information content (AvgIpc) is 2.97. The topological polar surface area (TPSA) is 101 Å². The minimum atomic E-state index is -1.59. The zero-order valence-electron chi connectivity index (χ0n) is 18.3. The van der Waals surface area contributed by atoms with Gasteiger partial charge in [0.05, 0.1) is 6.10 Å². The molecule has 0 bridgehead atoms. The molecule has 6 heteroatoms. The van der Waals surface area contributed by atoms with E-state index in [2.05, 4.69) is 6.92 Å². The van der Waals surface area contributed by atoms with Gasteiger partial charge in [0.1, 0.15) is 5.60 Å². The van der Waals surface area contributed by atoms with E-state index in [0.717, 1.165) is 25.7 Å². The molecule has 0 aromatic heterocycles. The molecule has 0 amide bonds. The van der Waals surface area contributed by atoms with Gasteiger partial charge < -0.3 is 14.9 Å². The van der Waals surface area contributed by atoms with Crippen LogP contribution in [0.25, 0.3) is 0 Å². The molecule has 0 radical (unpaired) electrons. The standard InChI is InChI=1S/C24H34O6/c1-4-20(28)30-13-19(27)24(29)10-8-17-16-6-5-14-11-15(25)7-9-22(14,2)21(16)18(26)12-23(17,24)3/h11,16-18,21,26,29H,4-10,12-13H2,1-3H3/t16-,17-,18-,21+,22-,23-,24-/m0/s1. The number of ketones is 2. The van der Waals surface area contributed by atoms with Crippen molar-refractivity contribution in [3.63, 3.8) is 0 Å². The summed E-state index contributed by atoms with van der Waals surface area (Å²) in [6, 6.07) is 0. The van der Waals surface area contributed by atoms with Gasteiger partial charge >= 0.3 is 5.97 Å². The Bertz CT molecular complexity index is 802. The quantitative estimate of drug-likeness (QED) is 0.681. The zero-order valence-corrected chi connectivity index (χ0v) is 18.3. The lowest BCUT2D eigenvalue weighted by Crippen LogP contribution is -2.62. The third kappa shape index (κ3) is 2.94. The van der Waals surface area contributed by atoms with E-state index in [4.69, 9.17) is 4.74 Å². The number of ether oxygens (including phenoxy) is 1. The number of carbonyl (C=O) groups is 3. The molecule has 7 atom stereocenters. The number of Topliss-reactive ketones (excluding diaryl/α,β-unsaturated/α-hetero) is 1. The highest BCUT2D eigenvalue weighted by atomic mass is 16.5. The highest BCUT2D eigenvalue weighted by Gasteiger charge is 2.68. The van der Waals surface area contributed by atoms with E-state index in [1.165, 1.54) is 5.57 Å². The van der Waals surface area contributed by atoms with E-state index >= 15 is 0 Å². The van der Waals surface area contributed by atoms with Crippen molar-refractivity contribution in [3.05, 3.63) is 11.6 Å². The summed E-state index contributed by atoms with van der Waals surface area (Å²) in [6.45, 7) is 5.37. The molecule has 0 aliphatic heterocycles. The fourth-order valence-electron chi connectivity index (χ4n) is 7.52. The van der Waals surface area contributed by atoms with Crippen molar-refractivity contribution < 1.29 is 29.3 Å². The summed E-state index contributed by atoms with van der Waals surface area (Å²) >= 11 is 0. The van der Waals surface area contributed by atoms with Crippen LogP contribution in [0.15, 0.2) is 11.6 Å². The van der Waals surface area contributed by atoms with Crippen LogP contribution in [0.2, 0.25) is 0 Å². The summed E-state index contributed by atoms with van der Waals surface area (Å²) in [5.74, 6) is -0.364. The summed E-state index contributed by atoms with van der Waals surface area (Å²) in [5.41, 5.74) is -1.36. The Hall–Kier alpha value is -1.53. The molecule has 4 rings (SSSR count). The summed E-state index contributed by atoms with van der Waals surface area (Å²) in [6.07, 6.45) is 5.73. The molecule has 30 heavy (non-hydrogen) atoms. The lowest BCUT2D eigenvalue weighted by atomic mass is 9.45. The molecule has 6 nitrogen and oxygen atoms in total. The van der Waals surface area contributed by atoms with E-state index < -0.39 is 35.5 Å². The summed E-state index contributed by atoms with van der Waals surface area (Å²) in [7, 11) is 0. The van der Waals surface area contributed by atoms with Crippen molar-refractivity contribution in [3.8, 4) is 0 Å². The van der Waals surface area contributed by atoms with Crippen molar-refractivity contribution in [1.82, 2.24) is 0 Å². The Balaban J connectivity index is 1.62. The van der Waals surface area contributed by atoms with Gasteiger partial charge in [-0.15, -0.1) is 0 Å². The predicted molar refractivity (Wildman–Crippen MR) is 109 cm³/mol.